The van der Waals surface area contributed by atoms with Crippen molar-refractivity contribution in [3.63, 3.8) is 0 Å². The lowest BCUT2D eigenvalue weighted by molar-refractivity contribution is 0.472. The zero-order chi connectivity index (χ0) is 47.2. The maximum atomic E-state index is 11.8. The van der Waals surface area contributed by atoms with E-state index in [9.17, 15) is 6.48 Å². The lowest BCUT2D eigenvalue weighted by Crippen LogP contribution is -2.11. The molecular formula is C53H51N3O. The number of phenolic OH excluding ortho intramolecular Hbond substituents is 1. The van der Waals surface area contributed by atoms with Gasteiger partial charge in [0.15, 0.2) is 0 Å². The molecule has 4 heteroatoms. The summed E-state index contributed by atoms with van der Waals surface area (Å²) in [4.78, 5) is 9.87. The normalized spacial score (nSPS) is 14.0. The smallest absolute Gasteiger partial charge is 0.149 e. The van der Waals surface area contributed by atoms with Gasteiger partial charge in [0.25, 0.3) is 0 Å². The van der Waals surface area contributed by atoms with Gasteiger partial charge < -0.3 is 5.11 Å². The Morgan fingerprint density at radius 2 is 1.30 bits per heavy atom. The molecule has 0 fully saturated rings. The molecule has 6 aromatic carbocycles. The third-order valence-corrected chi connectivity index (χ3v) is 10.6. The first kappa shape index (κ1) is 29.0. The van der Waals surface area contributed by atoms with Gasteiger partial charge in [-0.3, -0.25) is 9.55 Å². The number of phenols is 1. The molecule has 0 amide bonds. The number of nitrogens with zero attached hydrogens (tertiary/aromatic N) is 3. The average Bonchev–Trinajstić information content (AvgIpc) is 3.64. The van der Waals surface area contributed by atoms with E-state index in [2.05, 4.69) is 107 Å². The number of pyridine rings is 1. The Bertz CT molecular complexity index is 3220. The number of aromatic hydroxyl groups is 1. The van der Waals surface area contributed by atoms with Crippen LogP contribution in [0.5, 0.6) is 5.75 Å². The number of hydrogen-bond donors (Lipinski definition) is 1. The van der Waals surface area contributed by atoms with E-state index in [1.807, 2.05) is 56.3 Å². The van der Waals surface area contributed by atoms with Gasteiger partial charge in [-0.1, -0.05) is 132 Å². The molecule has 0 spiro atoms. The maximum Gasteiger partial charge on any atom is 0.149 e. The average molecular weight is 754 g/mol. The van der Waals surface area contributed by atoms with Crippen molar-refractivity contribution in [3.8, 4) is 67.5 Å². The third-order valence-electron chi connectivity index (χ3n) is 10.6. The Labute approximate surface area is 348 Å². The molecule has 1 N–H and O–H groups in total. The van der Waals surface area contributed by atoms with E-state index in [4.69, 9.17) is 14.6 Å². The molecule has 0 atom stereocenters. The van der Waals surface area contributed by atoms with Crippen molar-refractivity contribution in [2.45, 2.75) is 73.1 Å². The molecule has 57 heavy (non-hydrogen) atoms. The molecule has 0 radical (unpaired) electrons. The zero-order valence-corrected chi connectivity index (χ0v) is 33.9. The Morgan fingerprint density at radius 3 is 2.02 bits per heavy atom. The molecule has 2 heterocycles. The fourth-order valence-electron chi connectivity index (χ4n) is 7.42. The SMILES string of the molecule is [2H]c1nc(-c2cc(-c3cccc4c3nc(-c3cc(C)cc(C)c3O)n4-c3ccc(C)cc3-c3ccc(C(C)(C)C)cc3)cc(C(C)(C)C)c2)c([2H])c(-c2c([2H])c([2H])c([2H])c([2H])c2[2H])c1[2H]. The molecule has 284 valence electrons. The molecule has 0 aliphatic carbocycles. The second-order valence-corrected chi connectivity index (χ2v) is 17.0. The molecule has 2 aromatic heterocycles. The number of imidazole rings is 1. The highest BCUT2D eigenvalue weighted by Crippen LogP contribution is 2.43. The van der Waals surface area contributed by atoms with Gasteiger partial charge in [0.05, 0.1) is 38.9 Å². The van der Waals surface area contributed by atoms with Gasteiger partial charge in [-0.2, -0.15) is 0 Å². The standard InChI is InChI=1S/C53H51N3O/c1-33-18-23-47(44(27-33)37-19-21-41(22-20-37)52(4,5)6)56-48-17-13-16-43(49(48)55-51(56)45-28-34(2)26-35(3)50(45)57)39-29-40(31-42(30-39)53(7,8)9)46-32-38(24-25-54-46)36-14-11-10-12-15-36/h10-32,57H,1-9H3/i10D,11D,12D,14D,15D,24D,25D,32D. The highest BCUT2D eigenvalue weighted by atomic mass is 16.3. The Hall–Kier alpha value is -6.26. The number of aryl methyl sites for hydroxylation is 3. The largest absolute Gasteiger partial charge is 0.507 e. The summed E-state index contributed by atoms with van der Waals surface area (Å²) < 4.78 is 71.3. The van der Waals surface area contributed by atoms with Crippen molar-refractivity contribution in [3.05, 3.63) is 167 Å². The quantitative estimate of drug-likeness (QED) is 0.184. The number of para-hydroxylation sites is 1. The highest BCUT2D eigenvalue weighted by Gasteiger charge is 2.25. The van der Waals surface area contributed by atoms with E-state index >= 15 is 0 Å². The summed E-state index contributed by atoms with van der Waals surface area (Å²) >= 11 is 0. The minimum Gasteiger partial charge on any atom is -0.507 e. The monoisotopic (exact) mass is 753 g/mol. The Balaban J connectivity index is 1.43. The molecule has 0 saturated carbocycles. The molecule has 0 aliphatic heterocycles. The fraction of sp³-hybridized carbons (Fsp3) is 0.208. The Morgan fingerprint density at radius 1 is 0.596 bits per heavy atom. The summed E-state index contributed by atoms with van der Waals surface area (Å²) in [5.41, 5.74) is 10.7. The van der Waals surface area contributed by atoms with Crippen LogP contribution in [-0.4, -0.2) is 19.6 Å². The lowest BCUT2D eigenvalue weighted by atomic mass is 9.83. The predicted molar refractivity (Wildman–Crippen MR) is 239 cm³/mol. The molecule has 8 aromatic rings. The highest BCUT2D eigenvalue weighted by molar-refractivity contribution is 5.98. The van der Waals surface area contributed by atoms with E-state index in [1.165, 1.54) is 5.56 Å². The molecule has 4 nitrogen and oxygen atoms in total. The minimum absolute atomic E-state index is 0.0255. The second-order valence-electron chi connectivity index (χ2n) is 17.0. The van der Waals surface area contributed by atoms with Gasteiger partial charge in [0.1, 0.15) is 11.6 Å². The zero-order valence-electron chi connectivity index (χ0n) is 41.9. The van der Waals surface area contributed by atoms with Gasteiger partial charge in [-0.05, 0) is 125 Å². The van der Waals surface area contributed by atoms with Crippen LogP contribution >= 0.6 is 0 Å². The first-order valence-corrected chi connectivity index (χ1v) is 19.2. The van der Waals surface area contributed by atoms with Gasteiger partial charge in [0.2, 0.25) is 0 Å². The van der Waals surface area contributed by atoms with Crippen LogP contribution in [0.3, 0.4) is 0 Å². The van der Waals surface area contributed by atoms with Crippen molar-refractivity contribution in [1.82, 2.24) is 14.5 Å². The van der Waals surface area contributed by atoms with Crippen LogP contribution in [-0.2, 0) is 10.8 Å². The molecule has 0 aliphatic rings. The summed E-state index contributed by atoms with van der Waals surface area (Å²) in [5, 5.41) is 11.8. The van der Waals surface area contributed by atoms with Crippen molar-refractivity contribution >= 4 is 11.0 Å². The van der Waals surface area contributed by atoms with Crippen LogP contribution in [0.15, 0.2) is 139 Å². The van der Waals surface area contributed by atoms with Crippen LogP contribution < -0.4 is 0 Å². The van der Waals surface area contributed by atoms with E-state index < -0.39 is 47.8 Å². The van der Waals surface area contributed by atoms with E-state index in [0.717, 1.165) is 55.7 Å². The van der Waals surface area contributed by atoms with Crippen molar-refractivity contribution in [1.29, 1.82) is 0 Å². The number of benzene rings is 6. The van der Waals surface area contributed by atoms with Gasteiger partial charge in [0, 0.05) is 22.9 Å². The molecule has 0 unspecified atom stereocenters. The van der Waals surface area contributed by atoms with Gasteiger partial charge in [-0.15, -0.1) is 0 Å². The third kappa shape index (κ3) is 7.29. The van der Waals surface area contributed by atoms with Crippen molar-refractivity contribution in [2.75, 3.05) is 0 Å². The Kier molecular flexibility index (Phi) is 7.31. The molecular weight excluding hydrogens is 695 g/mol. The topological polar surface area (TPSA) is 50.9 Å². The first-order valence-electron chi connectivity index (χ1n) is 23.2. The fourth-order valence-corrected chi connectivity index (χ4v) is 7.42. The lowest BCUT2D eigenvalue weighted by Gasteiger charge is -2.22. The van der Waals surface area contributed by atoms with Gasteiger partial charge in [-0.25, -0.2) is 4.98 Å². The van der Waals surface area contributed by atoms with Crippen LogP contribution in [0.4, 0.5) is 0 Å². The minimum atomic E-state index is -0.598. The van der Waals surface area contributed by atoms with E-state index in [0.29, 0.717) is 22.5 Å². The summed E-state index contributed by atoms with van der Waals surface area (Å²) in [6.45, 7) is 18.7. The maximum absolute atomic E-state index is 11.8. The van der Waals surface area contributed by atoms with Crippen LogP contribution in [0, 0.1) is 20.8 Å². The second kappa shape index (κ2) is 14.4. The number of fused-ring (bicyclic) bond motifs is 1. The number of aromatic nitrogens is 3. The van der Waals surface area contributed by atoms with Crippen molar-refractivity contribution in [2.24, 2.45) is 0 Å². The number of hydrogen-bond acceptors (Lipinski definition) is 3. The first-order chi connectivity index (χ1) is 30.5. The predicted octanol–water partition coefficient (Wildman–Crippen LogP) is 14.0. The van der Waals surface area contributed by atoms with Crippen LogP contribution in [0.1, 0.15) is 80.3 Å². The van der Waals surface area contributed by atoms with Crippen LogP contribution in [0.2, 0.25) is 0 Å². The van der Waals surface area contributed by atoms with E-state index in [1.54, 1.807) is 0 Å². The summed E-state index contributed by atoms with van der Waals surface area (Å²) in [6, 6.07) is 26.9. The molecule has 0 bridgehead atoms. The van der Waals surface area contributed by atoms with E-state index in [-0.39, 0.29) is 34.0 Å². The summed E-state index contributed by atoms with van der Waals surface area (Å²) in [6.07, 6.45) is -0.499. The van der Waals surface area contributed by atoms with Crippen molar-refractivity contribution < 1.29 is 16.1 Å². The molecule has 8 rings (SSSR count). The van der Waals surface area contributed by atoms with Gasteiger partial charge >= 0.3 is 0 Å². The summed E-state index contributed by atoms with van der Waals surface area (Å²) in [5.74, 6) is 0.672. The molecule has 0 saturated heterocycles. The van der Waals surface area contributed by atoms with Crippen LogP contribution in [0.25, 0.3) is 72.7 Å². The number of rotatable bonds is 6. The summed E-state index contributed by atoms with van der Waals surface area (Å²) in [7, 11) is 0.